The highest BCUT2D eigenvalue weighted by Crippen LogP contribution is 2.32. The van der Waals surface area contributed by atoms with E-state index in [2.05, 4.69) is 91.3 Å². The number of nitrogens with zero attached hydrogens (tertiary/aromatic N) is 2. The van der Waals surface area contributed by atoms with Crippen molar-refractivity contribution in [2.45, 2.75) is 93.3 Å². The average Bonchev–Trinajstić information content (AvgIpc) is 3.02. The fourth-order valence-electron chi connectivity index (χ4n) is 4.65. The molecule has 0 amide bonds. The molecule has 1 heterocycles. The molecule has 1 aliphatic heterocycles. The van der Waals surface area contributed by atoms with Crippen LogP contribution < -0.4 is 0 Å². The summed E-state index contributed by atoms with van der Waals surface area (Å²) >= 11 is 0. The van der Waals surface area contributed by atoms with Crippen molar-refractivity contribution >= 4 is 11.5 Å². The Morgan fingerprint density at radius 2 is 1.25 bits per heavy atom. The van der Waals surface area contributed by atoms with Crippen molar-refractivity contribution in [3.63, 3.8) is 0 Å². The highest BCUT2D eigenvalue weighted by molar-refractivity contribution is 5.95. The predicted octanol–water partition coefficient (Wildman–Crippen LogP) is 11.1. The molecule has 4 rings (SSSR count). The summed E-state index contributed by atoms with van der Waals surface area (Å²) in [5.41, 5.74) is 5.31. The zero-order valence-electron chi connectivity index (χ0n) is 28.0. The van der Waals surface area contributed by atoms with Gasteiger partial charge < -0.3 is 0 Å². The number of carbonyl (C=O) groups excluding carboxylic acids is 1. The van der Waals surface area contributed by atoms with Crippen molar-refractivity contribution in [2.75, 3.05) is 13.1 Å². The lowest BCUT2D eigenvalue weighted by molar-refractivity contribution is -0.137. The van der Waals surface area contributed by atoms with E-state index in [9.17, 15) is 18.0 Å². The third-order valence-corrected chi connectivity index (χ3v) is 7.00. The number of aliphatic imine (C=N–C) groups is 1. The predicted molar refractivity (Wildman–Crippen MR) is 180 cm³/mol. The van der Waals surface area contributed by atoms with Gasteiger partial charge in [0.2, 0.25) is 0 Å². The van der Waals surface area contributed by atoms with Gasteiger partial charge in [-0.2, -0.15) is 13.2 Å². The van der Waals surface area contributed by atoms with Gasteiger partial charge in [0.05, 0.1) is 5.56 Å². The minimum Gasteiger partial charge on any atom is -0.295 e. The molecular formula is C38H51F3N2O. The molecule has 0 saturated carbocycles. The summed E-state index contributed by atoms with van der Waals surface area (Å²) in [4.78, 5) is 18.5. The van der Waals surface area contributed by atoms with Crippen LogP contribution in [0.5, 0.6) is 0 Å². The molecule has 0 spiro atoms. The Bertz CT molecular complexity index is 1250. The molecule has 1 aliphatic rings. The Balaban J connectivity index is 0.000000427. The zero-order chi connectivity index (χ0) is 33.3. The van der Waals surface area contributed by atoms with E-state index in [0.29, 0.717) is 31.0 Å². The first-order valence-electron chi connectivity index (χ1n) is 15.6. The van der Waals surface area contributed by atoms with E-state index in [1.807, 2.05) is 34.6 Å². The highest BCUT2D eigenvalue weighted by Gasteiger charge is 2.31. The first-order valence-corrected chi connectivity index (χ1v) is 15.6. The fourth-order valence-corrected chi connectivity index (χ4v) is 4.65. The van der Waals surface area contributed by atoms with Gasteiger partial charge in [-0.05, 0) is 56.5 Å². The van der Waals surface area contributed by atoms with Crippen LogP contribution in [-0.4, -0.2) is 29.5 Å². The second-order valence-electron chi connectivity index (χ2n) is 10.8. The van der Waals surface area contributed by atoms with Crippen LogP contribution in [0, 0.1) is 0 Å². The Morgan fingerprint density at radius 1 is 0.795 bits per heavy atom. The van der Waals surface area contributed by atoms with Crippen molar-refractivity contribution in [1.29, 1.82) is 0 Å². The summed E-state index contributed by atoms with van der Waals surface area (Å²) in [6, 6.07) is 26.3. The van der Waals surface area contributed by atoms with Gasteiger partial charge in [0.25, 0.3) is 0 Å². The van der Waals surface area contributed by atoms with Gasteiger partial charge >= 0.3 is 6.18 Å². The Kier molecular flexibility index (Phi) is 17.2. The third kappa shape index (κ3) is 12.6. The first-order chi connectivity index (χ1) is 20.9. The molecule has 3 aromatic rings. The van der Waals surface area contributed by atoms with E-state index in [0.717, 1.165) is 29.1 Å². The normalized spacial score (nSPS) is 13.8. The molecule has 3 aromatic carbocycles. The van der Waals surface area contributed by atoms with Crippen LogP contribution in [0.1, 0.15) is 109 Å². The van der Waals surface area contributed by atoms with Crippen LogP contribution in [0.2, 0.25) is 0 Å². The van der Waals surface area contributed by atoms with Crippen molar-refractivity contribution in [1.82, 2.24) is 4.90 Å². The van der Waals surface area contributed by atoms with Crippen LogP contribution in [0.3, 0.4) is 0 Å². The Morgan fingerprint density at radius 3 is 1.64 bits per heavy atom. The molecule has 0 fully saturated rings. The van der Waals surface area contributed by atoms with Crippen LogP contribution >= 0.6 is 0 Å². The minimum absolute atomic E-state index is 0.00989. The van der Waals surface area contributed by atoms with Crippen LogP contribution in [0.4, 0.5) is 13.2 Å². The highest BCUT2D eigenvalue weighted by atomic mass is 19.4. The van der Waals surface area contributed by atoms with Gasteiger partial charge in [-0.3, -0.25) is 14.7 Å². The fraction of sp³-hybridized carbons (Fsp3) is 0.421. The molecule has 44 heavy (non-hydrogen) atoms. The third-order valence-electron chi connectivity index (χ3n) is 7.00. The maximum Gasteiger partial charge on any atom is 0.416 e. The average molecular weight is 609 g/mol. The zero-order valence-corrected chi connectivity index (χ0v) is 28.0. The summed E-state index contributed by atoms with van der Waals surface area (Å²) in [6.45, 7) is 18.9. The standard InChI is InChI=1S/C19H23F3N2O.C14H14.C3H8.C2H6/c1-12(2)23-18-9-10-24(11-17(18)14(4)25)13(3)15-5-7-16(8-6-15)19(20,21)22;1-12(13-8-4-2-5-9-13)14-10-6-3-7-11-14;1-3-2;1-2/h5-8,13H,9-11H2,1-4H3;2-12H,1H3;3H2,1-2H3;1-2H3. The SMILES string of the molecule is CC.CC(=O)C1=C(N=C(C)C)CCN(C(C)c2ccc(C(F)(F)F)cc2)C1.CC(c1ccccc1)c1ccccc1.CCC. The summed E-state index contributed by atoms with van der Waals surface area (Å²) in [7, 11) is 0. The molecule has 0 N–H and O–H groups in total. The van der Waals surface area contributed by atoms with Crippen molar-refractivity contribution < 1.29 is 18.0 Å². The summed E-state index contributed by atoms with van der Waals surface area (Å²) < 4.78 is 38.1. The molecule has 240 valence electrons. The molecule has 1 atom stereocenters. The quantitative estimate of drug-likeness (QED) is 0.261. The van der Waals surface area contributed by atoms with Crippen molar-refractivity contribution in [3.05, 3.63) is 118 Å². The van der Waals surface area contributed by atoms with Crippen LogP contribution in [0.25, 0.3) is 0 Å². The molecule has 0 radical (unpaired) electrons. The van der Waals surface area contributed by atoms with Gasteiger partial charge in [-0.15, -0.1) is 0 Å². The number of benzene rings is 3. The van der Waals surface area contributed by atoms with Gasteiger partial charge in [-0.1, -0.05) is 114 Å². The number of carbonyl (C=O) groups is 1. The van der Waals surface area contributed by atoms with Gasteiger partial charge in [0, 0.05) is 48.5 Å². The molecule has 1 unspecified atom stereocenters. The maximum atomic E-state index is 12.7. The molecule has 6 heteroatoms. The topological polar surface area (TPSA) is 32.7 Å². The number of ketones is 1. The van der Waals surface area contributed by atoms with Crippen molar-refractivity contribution in [2.24, 2.45) is 4.99 Å². The molecule has 0 aliphatic carbocycles. The number of Topliss-reactive ketones (excluding diaryl/α,β-unsaturated/α-hetero) is 1. The first kappa shape index (κ1) is 38.5. The summed E-state index contributed by atoms with van der Waals surface area (Å²) in [6.07, 6.45) is -2.42. The molecule has 3 nitrogen and oxygen atoms in total. The monoisotopic (exact) mass is 608 g/mol. The Labute approximate surface area is 263 Å². The number of rotatable bonds is 6. The molecule has 0 aromatic heterocycles. The summed E-state index contributed by atoms with van der Waals surface area (Å²) in [5, 5.41) is 0. The van der Waals surface area contributed by atoms with E-state index in [1.165, 1.54) is 36.6 Å². The van der Waals surface area contributed by atoms with E-state index in [-0.39, 0.29) is 11.8 Å². The van der Waals surface area contributed by atoms with E-state index >= 15 is 0 Å². The largest absolute Gasteiger partial charge is 0.416 e. The second-order valence-corrected chi connectivity index (χ2v) is 10.8. The molecule has 0 bridgehead atoms. The Hall–Kier alpha value is -3.51. The molecule has 0 saturated heterocycles. The van der Waals surface area contributed by atoms with Gasteiger partial charge in [-0.25, -0.2) is 0 Å². The number of halogens is 3. The lowest BCUT2D eigenvalue weighted by Gasteiger charge is -2.34. The second kappa shape index (κ2) is 19.7. The minimum atomic E-state index is -4.33. The smallest absolute Gasteiger partial charge is 0.295 e. The van der Waals surface area contributed by atoms with Crippen molar-refractivity contribution in [3.8, 4) is 0 Å². The lowest BCUT2D eigenvalue weighted by Crippen LogP contribution is -2.35. The number of alkyl halides is 3. The van der Waals surface area contributed by atoms with Gasteiger partial charge in [0.1, 0.15) is 0 Å². The van der Waals surface area contributed by atoms with E-state index in [1.54, 1.807) is 0 Å². The van der Waals surface area contributed by atoms with Crippen LogP contribution in [-0.2, 0) is 11.0 Å². The van der Waals surface area contributed by atoms with Crippen LogP contribution in [0.15, 0.2) is 101 Å². The van der Waals surface area contributed by atoms with E-state index < -0.39 is 11.7 Å². The number of hydrogen-bond donors (Lipinski definition) is 0. The number of hydrogen-bond acceptors (Lipinski definition) is 3. The lowest BCUT2D eigenvalue weighted by atomic mass is 9.93. The van der Waals surface area contributed by atoms with E-state index in [4.69, 9.17) is 0 Å². The van der Waals surface area contributed by atoms with Gasteiger partial charge in [0.15, 0.2) is 5.78 Å². The summed E-state index contributed by atoms with van der Waals surface area (Å²) in [5.74, 6) is 0.474. The molecular weight excluding hydrogens is 557 g/mol. The maximum absolute atomic E-state index is 12.7.